The van der Waals surface area contributed by atoms with Gasteiger partial charge in [-0.3, -0.25) is 4.98 Å². The molecule has 0 radical (unpaired) electrons. The monoisotopic (exact) mass is 292 g/mol. The predicted molar refractivity (Wildman–Crippen MR) is 83.9 cm³/mol. The zero-order chi connectivity index (χ0) is 14.2. The van der Waals surface area contributed by atoms with E-state index in [4.69, 9.17) is 11.6 Å². The lowest BCUT2D eigenvalue weighted by Crippen LogP contribution is -2.36. The maximum absolute atomic E-state index is 6.31. The Hall–Kier alpha value is -0.600. The van der Waals surface area contributed by atoms with Gasteiger partial charge in [-0.1, -0.05) is 25.4 Å². The number of hydrogen-bond donors (Lipinski definition) is 1. The fourth-order valence-corrected chi connectivity index (χ4v) is 4.12. The minimum Gasteiger partial charge on any atom is -0.316 e. The van der Waals surface area contributed by atoms with Gasteiger partial charge >= 0.3 is 0 Å². The molecule has 0 saturated heterocycles. The van der Waals surface area contributed by atoms with Crippen LogP contribution >= 0.6 is 11.6 Å². The molecule has 2 nitrogen and oxygen atoms in total. The van der Waals surface area contributed by atoms with Gasteiger partial charge in [0.15, 0.2) is 0 Å². The van der Waals surface area contributed by atoms with E-state index >= 15 is 0 Å². The summed E-state index contributed by atoms with van der Waals surface area (Å²) in [5.74, 6) is 2.71. The summed E-state index contributed by atoms with van der Waals surface area (Å²) in [5, 5.41) is 4.52. The highest BCUT2D eigenvalue weighted by Gasteiger charge is 2.53. The first-order valence-electron chi connectivity index (χ1n) is 7.87. The molecule has 20 heavy (non-hydrogen) atoms. The number of aromatic nitrogens is 1. The fraction of sp³-hybridized carbons (Fsp3) is 0.706. The summed E-state index contributed by atoms with van der Waals surface area (Å²) in [6.07, 6.45) is 8.97. The number of nitrogens with zero attached hydrogens (tertiary/aromatic N) is 1. The third-order valence-corrected chi connectivity index (χ3v) is 5.27. The Labute approximate surface area is 127 Å². The van der Waals surface area contributed by atoms with Crippen LogP contribution in [0.25, 0.3) is 0 Å². The van der Waals surface area contributed by atoms with Gasteiger partial charge in [-0.25, -0.2) is 0 Å². The topological polar surface area (TPSA) is 24.9 Å². The van der Waals surface area contributed by atoms with Gasteiger partial charge in [-0.15, -0.1) is 0 Å². The van der Waals surface area contributed by atoms with Crippen LogP contribution in [0.3, 0.4) is 0 Å². The molecule has 3 heteroatoms. The van der Waals surface area contributed by atoms with Crippen LogP contribution in [0.2, 0.25) is 5.02 Å². The van der Waals surface area contributed by atoms with Crippen molar-refractivity contribution in [3.63, 3.8) is 0 Å². The molecule has 2 aliphatic rings. The minimum atomic E-state index is 0.424. The smallest absolute Gasteiger partial charge is 0.0621 e. The van der Waals surface area contributed by atoms with Crippen LogP contribution in [0.5, 0.6) is 0 Å². The molecule has 2 aliphatic carbocycles. The Balaban J connectivity index is 1.68. The van der Waals surface area contributed by atoms with Crippen LogP contribution in [-0.4, -0.2) is 18.1 Å². The van der Waals surface area contributed by atoms with Crippen molar-refractivity contribution in [2.75, 3.05) is 13.1 Å². The Morgan fingerprint density at radius 1 is 1.40 bits per heavy atom. The number of halogens is 1. The summed E-state index contributed by atoms with van der Waals surface area (Å²) in [7, 11) is 0. The van der Waals surface area contributed by atoms with Gasteiger partial charge in [-0.2, -0.15) is 0 Å². The van der Waals surface area contributed by atoms with E-state index < -0.39 is 0 Å². The number of rotatable bonds is 6. The van der Waals surface area contributed by atoms with Crippen molar-refractivity contribution >= 4 is 11.6 Å². The van der Waals surface area contributed by atoms with E-state index in [1.165, 1.54) is 24.8 Å². The highest BCUT2D eigenvalue weighted by molar-refractivity contribution is 6.31. The second kappa shape index (κ2) is 5.65. The maximum atomic E-state index is 6.31. The number of pyridine rings is 1. The zero-order valence-corrected chi connectivity index (χ0v) is 13.3. The third-order valence-electron chi connectivity index (χ3n) is 4.93. The van der Waals surface area contributed by atoms with Crippen molar-refractivity contribution in [2.45, 2.75) is 39.5 Å². The largest absolute Gasteiger partial charge is 0.316 e. The average molecular weight is 293 g/mol. The van der Waals surface area contributed by atoms with Gasteiger partial charge in [0.05, 0.1) is 5.02 Å². The van der Waals surface area contributed by atoms with Crippen LogP contribution in [0, 0.1) is 23.2 Å². The summed E-state index contributed by atoms with van der Waals surface area (Å²) >= 11 is 6.31. The van der Waals surface area contributed by atoms with E-state index in [1.807, 2.05) is 6.20 Å². The molecule has 2 unspecified atom stereocenters. The van der Waals surface area contributed by atoms with E-state index in [2.05, 4.69) is 30.2 Å². The second-order valence-electron chi connectivity index (χ2n) is 7.33. The first kappa shape index (κ1) is 14.3. The molecule has 0 aliphatic heterocycles. The molecule has 0 bridgehead atoms. The van der Waals surface area contributed by atoms with E-state index in [0.717, 1.165) is 36.4 Å². The SMILES string of the molecule is CC(C)CNCC1(Cc2ccncc2Cl)CC2CC2C1. The van der Waals surface area contributed by atoms with Crippen LogP contribution in [0.15, 0.2) is 18.5 Å². The van der Waals surface area contributed by atoms with E-state index in [-0.39, 0.29) is 0 Å². The van der Waals surface area contributed by atoms with Gasteiger partial charge in [0, 0.05) is 18.9 Å². The van der Waals surface area contributed by atoms with Crippen LogP contribution in [0.1, 0.15) is 38.7 Å². The Morgan fingerprint density at radius 3 is 2.80 bits per heavy atom. The lowest BCUT2D eigenvalue weighted by molar-refractivity contribution is 0.245. The average Bonchev–Trinajstić information content (AvgIpc) is 3.00. The molecule has 0 amide bonds. The number of fused-ring (bicyclic) bond motifs is 1. The van der Waals surface area contributed by atoms with Crippen LogP contribution in [-0.2, 0) is 6.42 Å². The first-order valence-corrected chi connectivity index (χ1v) is 8.25. The maximum Gasteiger partial charge on any atom is 0.0621 e. The van der Waals surface area contributed by atoms with E-state index in [0.29, 0.717) is 11.3 Å². The Bertz CT molecular complexity index is 462. The second-order valence-corrected chi connectivity index (χ2v) is 7.74. The van der Waals surface area contributed by atoms with Gasteiger partial charge in [0.1, 0.15) is 0 Å². The molecule has 2 atom stereocenters. The van der Waals surface area contributed by atoms with Crippen LogP contribution in [0.4, 0.5) is 0 Å². The summed E-state index contributed by atoms with van der Waals surface area (Å²) in [6, 6.07) is 2.09. The summed E-state index contributed by atoms with van der Waals surface area (Å²) in [6.45, 7) is 6.79. The van der Waals surface area contributed by atoms with Crippen molar-refractivity contribution < 1.29 is 0 Å². The standard InChI is InChI=1S/C17H25ClN2/c1-12(2)9-20-11-17(7-14-5-15(14)8-17)6-13-3-4-19-10-16(13)18/h3-4,10,12,14-15,20H,5-9,11H2,1-2H3. The van der Waals surface area contributed by atoms with Gasteiger partial charge < -0.3 is 5.32 Å². The summed E-state index contributed by atoms with van der Waals surface area (Å²) in [4.78, 5) is 4.10. The zero-order valence-electron chi connectivity index (χ0n) is 12.5. The minimum absolute atomic E-state index is 0.424. The molecular formula is C17H25ClN2. The van der Waals surface area contributed by atoms with Crippen LogP contribution < -0.4 is 5.32 Å². The van der Waals surface area contributed by atoms with Gasteiger partial charge in [0.2, 0.25) is 0 Å². The summed E-state index contributed by atoms with van der Waals surface area (Å²) < 4.78 is 0. The highest BCUT2D eigenvalue weighted by Crippen LogP contribution is 2.60. The number of nitrogens with one attached hydrogen (secondary N) is 1. The van der Waals surface area contributed by atoms with Crippen molar-refractivity contribution in [3.8, 4) is 0 Å². The van der Waals surface area contributed by atoms with Crippen molar-refractivity contribution in [1.29, 1.82) is 0 Å². The highest BCUT2D eigenvalue weighted by atomic mass is 35.5. The predicted octanol–water partition coefficient (Wildman–Crippen LogP) is 3.94. The molecule has 3 rings (SSSR count). The van der Waals surface area contributed by atoms with Gasteiger partial charge in [-0.05, 0) is 67.0 Å². The Kier molecular flexibility index (Phi) is 4.05. The van der Waals surface area contributed by atoms with Crippen molar-refractivity contribution in [2.24, 2.45) is 23.2 Å². The lowest BCUT2D eigenvalue weighted by Gasteiger charge is -2.32. The van der Waals surface area contributed by atoms with E-state index in [1.54, 1.807) is 6.20 Å². The molecule has 0 aromatic carbocycles. The normalized spacial score (nSPS) is 31.6. The molecule has 110 valence electrons. The molecule has 1 N–H and O–H groups in total. The third kappa shape index (κ3) is 3.17. The molecule has 1 aromatic rings. The first-order chi connectivity index (χ1) is 9.58. The van der Waals surface area contributed by atoms with Crippen molar-refractivity contribution in [1.82, 2.24) is 10.3 Å². The lowest BCUT2D eigenvalue weighted by atomic mass is 9.77. The molecule has 0 spiro atoms. The molecule has 1 heterocycles. The molecule has 1 aromatic heterocycles. The molecule has 2 fully saturated rings. The van der Waals surface area contributed by atoms with Crippen molar-refractivity contribution in [3.05, 3.63) is 29.0 Å². The number of hydrogen-bond acceptors (Lipinski definition) is 2. The molecule has 2 saturated carbocycles. The Morgan fingerprint density at radius 2 is 2.15 bits per heavy atom. The van der Waals surface area contributed by atoms with Gasteiger partial charge in [0.25, 0.3) is 0 Å². The quantitative estimate of drug-likeness (QED) is 0.859. The summed E-state index contributed by atoms with van der Waals surface area (Å²) in [5.41, 5.74) is 1.70. The van der Waals surface area contributed by atoms with E-state index in [9.17, 15) is 0 Å². The molecular weight excluding hydrogens is 268 g/mol. The fourth-order valence-electron chi connectivity index (χ4n) is 3.93.